The first-order valence-electron chi connectivity index (χ1n) is 7.22. The number of aliphatic hydroxyl groups excluding tert-OH is 1. The topological polar surface area (TPSA) is 49.8 Å². The van der Waals surface area contributed by atoms with Crippen molar-refractivity contribution in [3.63, 3.8) is 0 Å². The highest BCUT2D eigenvalue weighted by atomic mass is 16.5. The van der Waals surface area contributed by atoms with Gasteiger partial charge in [0, 0.05) is 30.8 Å². The van der Waals surface area contributed by atoms with Crippen LogP contribution in [0.15, 0.2) is 18.2 Å². The van der Waals surface area contributed by atoms with Gasteiger partial charge in [-0.2, -0.15) is 0 Å². The molecule has 4 nitrogen and oxygen atoms in total. The lowest BCUT2D eigenvalue weighted by atomic mass is 10.1. The minimum atomic E-state index is -0.182. The van der Waals surface area contributed by atoms with Gasteiger partial charge in [-0.25, -0.2) is 0 Å². The third-order valence-corrected chi connectivity index (χ3v) is 3.38. The van der Waals surface area contributed by atoms with E-state index in [0.717, 1.165) is 24.1 Å². The Morgan fingerprint density at radius 3 is 3.05 bits per heavy atom. The summed E-state index contributed by atoms with van der Waals surface area (Å²) < 4.78 is 5.58. The molecular weight excluding hydrogens is 266 g/mol. The number of hydrogen-bond acceptors (Lipinski definition) is 3. The Hall–Kier alpha value is -1.83. The molecule has 1 fully saturated rings. The molecule has 112 valence electrons. The third-order valence-electron chi connectivity index (χ3n) is 3.38. The van der Waals surface area contributed by atoms with Crippen LogP contribution in [0, 0.1) is 18.8 Å². The van der Waals surface area contributed by atoms with Crippen LogP contribution < -0.4 is 0 Å². The molecule has 1 N–H and O–H groups in total. The van der Waals surface area contributed by atoms with Crippen molar-refractivity contribution in [2.45, 2.75) is 26.4 Å². The summed E-state index contributed by atoms with van der Waals surface area (Å²) in [7, 11) is 0. The Bertz CT molecular complexity index is 571. The molecule has 0 bridgehead atoms. The van der Waals surface area contributed by atoms with Gasteiger partial charge in [0.15, 0.2) is 0 Å². The number of benzene rings is 1. The van der Waals surface area contributed by atoms with Crippen LogP contribution >= 0.6 is 0 Å². The summed E-state index contributed by atoms with van der Waals surface area (Å²) in [6.07, 6.45) is 0.925. The molecule has 1 unspecified atom stereocenters. The first-order chi connectivity index (χ1) is 10.1. The van der Waals surface area contributed by atoms with Crippen molar-refractivity contribution in [1.82, 2.24) is 4.90 Å². The van der Waals surface area contributed by atoms with Gasteiger partial charge in [0.25, 0.3) is 5.91 Å². The molecule has 0 aromatic heterocycles. The predicted molar refractivity (Wildman–Crippen MR) is 81.1 cm³/mol. The molecule has 0 aliphatic carbocycles. The van der Waals surface area contributed by atoms with E-state index >= 15 is 0 Å². The molecule has 0 spiro atoms. The number of amides is 1. The molecule has 4 heteroatoms. The fraction of sp³-hybridized carbons (Fsp3) is 0.471. The maximum atomic E-state index is 12.6. The van der Waals surface area contributed by atoms with E-state index in [1.54, 1.807) is 6.07 Å². The van der Waals surface area contributed by atoms with Crippen molar-refractivity contribution in [3.8, 4) is 11.8 Å². The maximum Gasteiger partial charge on any atom is 0.253 e. The fourth-order valence-corrected chi connectivity index (χ4v) is 2.48. The van der Waals surface area contributed by atoms with Gasteiger partial charge in [-0.15, -0.1) is 0 Å². The first kappa shape index (κ1) is 15.6. The molecule has 1 heterocycles. The molecule has 1 amide bonds. The number of aryl methyl sites for hydroxylation is 1. The number of hydrogen-bond donors (Lipinski definition) is 1. The lowest BCUT2D eigenvalue weighted by molar-refractivity contribution is 0.0562. The van der Waals surface area contributed by atoms with Crippen LogP contribution in [0.3, 0.4) is 0 Å². The normalized spacial score (nSPS) is 18.6. The van der Waals surface area contributed by atoms with Gasteiger partial charge in [0.2, 0.25) is 0 Å². The first-order valence-corrected chi connectivity index (χ1v) is 7.22. The molecule has 2 rings (SSSR count). The zero-order valence-corrected chi connectivity index (χ0v) is 12.6. The van der Waals surface area contributed by atoms with Gasteiger partial charge >= 0.3 is 0 Å². The van der Waals surface area contributed by atoms with Crippen molar-refractivity contribution >= 4 is 5.91 Å². The second kappa shape index (κ2) is 7.26. The Balaban J connectivity index is 2.23. The van der Waals surface area contributed by atoms with E-state index in [9.17, 15) is 4.79 Å². The summed E-state index contributed by atoms with van der Waals surface area (Å²) in [5, 5.41) is 8.78. The average Bonchev–Trinajstić information content (AvgIpc) is 2.68. The smallest absolute Gasteiger partial charge is 0.253 e. The fourth-order valence-electron chi connectivity index (χ4n) is 2.48. The average molecular weight is 287 g/mol. The summed E-state index contributed by atoms with van der Waals surface area (Å²) in [6, 6.07) is 5.57. The SMILES string of the molecule is Cc1cc(C#CCO)cc(C(=O)N2CCCOC(C)C2)c1. The second-order valence-electron chi connectivity index (χ2n) is 5.33. The molecule has 21 heavy (non-hydrogen) atoms. The van der Waals surface area contributed by atoms with Crippen LogP contribution in [0.4, 0.5) is 0 Å². The standard InChI is InChI=1S/C17H21NO3/c1-13-9-15(5-3-7-19)11-16(10-13)17(20)18-6-4-8-21-14(2)12-18/h9-11,14,19H,4,6-8,12H2,1-2H3. The molecule has 0 saturated carbocycles. The lowest BCUT2D eigenvalue weighted by Gasteiger charge is -2.22. The number of ether oxygens (including phenoxy) is 1. The van der Waals surface area contributed by atoms with Crippen LogP contribution in [0.1, 0.15) is 34.8 Å². The van der Waals surface area contributed by atoms with E-state index in [1.165, 1.54) is 0 Å². The van der Waals surface area contributed by atoms with E-state index < -0.39 is 0 Å². The van der Waals surface area contributed by atoms with Crippen molar-refractivity contribution in [1.29, 1.82) is 0 Å². The zero-order chi connectivity index (χ0) is 15.2. The molecule has 1 aliphatic heterocycles. The van der Waals surface area contributed by atoms with Gasteiger partial charge in [0.1, 0.15) is 6.61 Å². The van der Waals surface area contributed by atoms with Crippen molar-refractivity contribution < 1.29 is 14.6 Å². The molecule has 1 aromatic carbocycles. The lowest BCUT2D eigenvalue weighted by Crippen LogP contribution is -2.36. The van der Waals surface area contributed by atoms with Gasteiger partial charge in [-0.05, 0) is 44.0 Å². The monoisotopic (exact) mass is 287 g/mol. The minimum Gasteiger partial charge on any atom is -0.384 e. The Morgan fingerprint density at radius 2 is 2.29 bits per heavy atom. The number of carbonyl (C=O) groups excluding carboxylic acids is 1. The Kier molecular flexibility index (Phi) is 5.38. The minimum absolute atomic E-state index is 0.0168. The van der Waals surface area contributed by atoms with E-state index in [0.29, 0.717) is 18.7 Å². The van der Waals surface area contributed by atoms with E-state index in [4.69, 9.17) is 9.84 Å². The third kappa shape index (κ3) is 4.32. The summed E-state index contributed by atoms with van der Waals surface area (Å²) in [4.78, 5) is 14.5. The predicted octanol–water partition coefficient (Wildman–Crippen LogP) is 1.59. The Labute approximate surface area is 125 Å². The largest absolute Gasteiger partial charge is 0.384 e. The van der Waals surface area contributed by atoms with E-state index in [1.807, 2.05) is 30.9 Å². The number of aliphatic hydroxyl groups is 1. The molecule has 1 aromatic rings. The quantitative estimate of drug-likeness (QED) is 0.798. The van der Waals surface area contributed by atoms with Crippen LogP contribution in [0.25, 0.3) is 0 Å². The molecule has 1 atom stereocenters. The highest BCUT2D eigenvalue weighted by Crippen LogP contribution is 2.14. The number of nitrogens with zero attached hydrogens (tertiary/aromatic N) is 1. The van der Waals surface area contributed by atoms with Crippen molar-refractivity contribution in [2.24, 2.45) is 0 Å². The van der Waals surface area contributed by atoms with Crippen molar-refractivity contribution in [2.75, 3.05) is 26.3 Å². The van der Waals surface area contributed by atoms with Gasteiger partial charge in [-0.1, -0.05) is 11.8 Å². The summed E-state index contributed by atoms with van der Waals surface area (Å²) in [5.74, 6) is 5.49. The summed E-state index contributed by atoms with van der Waals surface area (Å²) >= 11 is 0. The van der Waals surface area contributed by atoms with Crippen LogP contribution in [-0.2, 0) is 4.74 Å². The molecule has 1 aliphatic rings. The second-order valence-corrected chi connectivity index (χ2v) is 5.33. The van der Waals surface area contributed by atoms with Crippen LogP contribution in [-0.4, -0.2) is 48.3 Å². The highest BCUT2D eigenvalue weighted by molar-refractivity contribution is 5.94. The maximum absolute atomic E-state index is 12.6. The molecular formula is C17H21NO3. The number of rotatable bonds is 1. The number of carbonyl (C=O) groups is 1. The Morgan fingerprint density at radius 1 is 1.48 bits per heavy atom. The molecule has 0 radical (unpaired) electrons. The van der Waals surface area contributed by atoms with Crippen LogP contribution in [0.5, 0.6) is 0 Å². The van der Waals surface area contributed by atoms with Gasteiger partial charge in [-0.3, -0.25) is 4.79 Å². The van der Waals surface area contributed by atoms with E-state index in [2.05, 4.69) is 11.8 Å². The van der Waals surface area contributed by atoms with Crippen LogP contribution in [0.2, 0.25) is 0 Å². The summed E-state index contributed by atoms with van der Waals surface area (Å²) in [6.45, 7) is 5.78. The highest BCUT2D eigenvalue weighted by Gasteiger charge is 2.21. The van der Waals surface area contributed by atoms with Gasteiger partial charge < -0.3 is 14.7 Å². The van der Waals surface area contributed by atoms with Crippen molar-refractivity contribution in [3.05, 3.63) is 34.9 Å². The zero-order valence-electron chi connectivity index (χ0n) is 12.6. The summed E-state index contributed by atoms with van der Waals surface area (Å²) in [5.41, 5.74) is 2.39. The van der Waals surface area contributed by atoms with Gasteiger partial charge in [0.05, 0.1) is 6.10 Å². The van der Waals surface area contributed by atoms with E-state index in [-0.39, 0.29) is 18.6 Å². The molecule has 1 saturated heterocycles.